The fourth-order valence-corrected chi connectivity index (χ4v) is 2.41. The fraction of sp³-hybridized carbons (Fsp3) is 0.250. The van der Waals surface area contributed by atoms with Crippen LogP contribution in [0.15, 0.2) is 18.2 Å². The average Bonchev–Trinajstić information content (AvgIpc) is 2.59. The summed E-state index contributed by atoms with van der Waals surface area (Å²) < 4.78 is 13.1. The summed E-state index contributed by atoms with van der Waals surface area (Å²) >= 11 is 1.62. The molecule has 3 nitrogen and oxygen atoms in total. The van der Waals surface area contributed by atoms with Crippen molar-refractivity contribution in [3.05, 3.63) is 39.6 Å². The highest BCUT2D eigenvalue weighted by Crippen LogP contribution is 2.22. The molecule has 1 heterocycles. The van der Waals surface area contributed by atoms with Gasteiger partial charge in [-0.3, -0.25) is 0 Å². The van der Waals surface area contributed by atoms with Gasteiger partial charge in [-0.1, -0.05) is 0 Å². The minimum atomic E-state index is -0.618. The van der Waals surface area contributed by atoms with E-state index in [-0.39, 0.29) is 5.75 Å². The lowest BCUT2D eigenvalue weighted by molar-refractivity contribution is 0.432. The standard InChI is InChI=1S/C12H13FN2OS/c1-7-12(17-8(2)15-7)6-14-9-3-4-11(16)10(13)5-9/h3-5,14,16H,6H2,1-2H3. The third kappa shape index (κ3) is 2.74. The second-order valence-corrected chi connectivity index (χ2v) is 5.05. The van der Waals surface area contributed by atoms with E-state index in [1.807, 2.05) is 13.8 Å². The molecule has 0 amide bonds. The zero-order chi connectivity index (χ0) is 12.4. The molecule has 0 spiro atoms. The van der Waals surface area contributed by atoms with Gasteiger partial charge in [0.05, 0.1) is 17.2 Å². The first-order valence-corrected chi connectivity index (χ1v) is 6.03. The van der Waals surface area contributed by atoms with E-state index in [1.54, 1.807) is 17.4 Å². The molecule has 0 fully saturated rings. The van der Waals surface area contributed by atoms with Crippen molar-refractivity contribution in [3.8, 4) is 5.75 Å². The van der Waals surface area contributed by atoms with E-state index in [2.05, 4.69) is 10.3 Å². The van der Waals surface area contributed by atoms with Gasteiger partial charge in [0.2, 0.25) is 0 Å². The Morgan fingerprint density at radius 3 is 2.76 bits per heavy atom. The second-order valence-electron chi connectivity index (χ2n) is 3.76. The summed E-state index contributed by atoms with van der Waals surface area (Å²) in [7, 11) is 0. The highest BCUT2D eigenvalue weighted by atomic mass is 32.1. The van der Waals surface area contributed by atoms with Crippen LogP contribution in [0.1, 0.15) is 15.6 Å². The lowest BCUT2D eigenvalue weighted by atomic mass is 10.3. The quantitative estimate of drug-likeness (QED) is 0.824. The molecule has 0 bridgehead atoms. The van der Waals surface area contributed by atoms with Crippen LogP contribution in [0.3, 0.4) is 0 Å². The van der Waals surface area contributed by atoms with E-state index >= 15 is 0 Å². The molecule has 5 heteroatoms. The smallest absolute Gasteiger partial charge is 0.166 e. The van der Waals surface area contributed by atoms with Gasteiger partial charge in [-0.15, -0.1) is 11.3 Å². The maximum absolute atomic E-state index is 13.1. The maximum atomic E-state index is 13.1. The van der Waals surface area contributed by atoms with Gasteiger partial charge in [-0.2, -0.15) is 0 Å². The van der Waals surface area contributed by atoms with E-state index in [1.165, 1.54) is 12.1 Å². The molecule has 0 aliphatic heterocycles. The predicted octanol–water partition coefficient (Wildman–Crippen LogP) is 3.22. The Bertz CT molecular complexity index is 539. The Balaban J connectivity index is 2.07. The normalized spacial score (nSPS) is 10.5. The van der Waals surface area contributed by atoms with E-state index in [0.717, 1.165) is 15.6 Å². The molecule has 2 aromatic rings. The molecule has 1 aromatic heterocycles. The van der Waals surface area contributed by atoms with Gasteiger partial charge < -0.3 is 10.4 Å². The summed E-state index contributed by atoms with van der Waals surface area (Å²) in [5, 5.41) is 13.2. The van der Waals surface area contributed by atoms with Gasteiger partial charge in [0.15, 0.2) is 11.6 Å². The number of phenolic OH excluding ortho intramolecular Hbond substituents is 1. The van der Waals surface area contributed by atoms with Crippen LogP contribution in [-0.2, 0) is 6.54 Å². The Kier molecular flexibility index (Phi) is 3.28. The first kappa shape index (κ1) is 11.9. The van der Waals surface area contributed by atoms with Crippen molar-refractivity contribution in [3.63, 3.8) is 0 Å². The summed E-state index contributed by atoms with van der Waals surface area (Å²) in [5.74, 6) is -0.951. The fourth-order valence-electron chi connectivity index (χ4n) is 1.54. The highest BCUT2D eigenvalue weighted by molar-refractivity contribution is 7.11. The van der Waals surface area contributed by atoms with Gasteiger partial charge in [0, 0.05) is 16.6 Å². The van der Waals surface area contributed by atoms with Crippen molar-refractivity contribution < 1.29 is 9.50 Å². The maximum Gasteiger partial charge on any atom is 0.166 e. The number of phenols is 1. The first-order chi connectivity index (χ1) is 8.06. The second kappa shape index (κ2) is 4.71. The number of thiazole rings is 1. The van der Waals surface area contributed by atoms with Crippen LogP contribution in [0.4, 0.5) is 10.1 Å². The van der Waals surface area contributed by atoms with Crippen molar-refractivity contribution in [1.29, 1.82) is 0 Å². The topological polar surface area (TPSA) is 45.2 Å². The third-order valence-electron chi connectivity index (χ3n) is 2.40. The number of hydrogen-bond donors (Lipinski definition) is 2. The molecule has 0 radical (unpaired) electrons. The number of aryl methyl sites for hydroxylation is 2. The number of hydrogen-bond acceptors (Lipinski definition) is 4. The van der Waals surface area contributed by atoms with Crippen LogP contribution in [0.5, 0.6) is 5.75 Å². The third-order valence-corrected chi connectivity index (χ3v) is 3.47. The summed E-state index contributed by atoms with van der Waals surface area (Å²) in [6.07, 6.45) is 0. The van der Waals surface area contributed by atoms with Crippen LogP contribution < -0.4 is 5.32 Å². The number of rotatable bonds is 3. The van der Waals surface area contributed by atoms with Crippen molar-refractivity contribution in [1.82, 2.24) is 4.98 Å². The molecule has 2 rings (SSSR count). The van der Waals surface area contributed by atoms with Gasteiger partial charge in [0.25, 0.3) is 0 Å². The van der Waals surface area contributed by atoms with Crippen molar-refractivity contribution >= 4 is 17.0 Å². The van der Waals surface area contributed by atoms with Crippen molar-refractivity contribution in [2.75, 3.05) is 5.32 Å². The zero-order valence-electron chi connectivity index (χ0n) is 9.62. The molecule has 90 valence electrons. The Hall–Kier alpha value is -1.62. The molecule has 0 aliphatic rings. The lowest BCUT2D eigenvalue weighted by Gasteiger charge is -2.05. The highest BCUT2D eigenvalue weighted by Gasteiger charge is 2.05. The van der Waals surface area contributed by atoms with Gasteiger partial charge in [0.1, 0.15) is 0 Å². The van der Waals surface area contributed by atoms with Crippen LogP contribution in [0.2, 0.25) is 0 Å². The molecular formula is C12H13FN2OS. The first-order valence-electron chi connectivity index (χ1n) is 5.21. The van der Waals surface area contributed by atoms with E-state index in [4.69, 9.17) is 5.11 Å². The number of anilines is 1. The van der Waals surface area contributed by atoms with Crippen molar-refractivity contribution in [2.45, 2.75) is 20.4 Å². The molecule has 17 heavy (non-hydrogen) atoms. The molecule has 0 unspecified atom stereocenters. The average molecular weight is 252 g/mol. The Morgan fingerprint density at radius 1 is 1.41 bits per heavy atom. The number of nitrogens with one attached hydrogen (secondary N) is 1. The van der Waals surface area contributed by atoms with Gasteiger partial charge in [-0.05, 0) is 26.0 Å². The Morgan fingerprint density at radius 2 is 2.18 bits per heavy atom. The lowest BCUT2D eigenvalue weighted by Crippen LogP contribution is -1.99. The summed E-state index contributed by atoms with van der Waals surface area (Å²) in [6.45, 7) is 4.53. The van der Waals surface area contributed by atoms with E-state index in [9.17, 15) is 4.39 Å². The number of benzene rings is 1. The van der Waals surface area contributed by atoms with E-state index in [0.29, 0.717) is 12.2 Å². The number of aromatic nitrogens is 1. The molecule has 0 saturated carbocycles. The van der Waals surface area contributed by atoms with Crippen LogP contribution in [0.25, 0.3) is 0 Å². The monoisotopic (exact) mass is 252 g/mol. The van der Waals surface area contributed by atoms with Gasteiger partial charge in [-0.25, -0.2) is 9.37 Å². The zero-order valence-corrected chi connectivity index (χ0v) is 10.4. The summed E-state index contributed by atoms with van der Waals surface area (Å²) in [4.78, 5) is 5.45. The SMILES string of the molecule is Cc1nc(C)c(CNc2ccc(O)c(F)c2)s1. The number of aromatic hydroxyl groups is 1. The van der Waals surface area contributed by atoms with Crippen LogP contribution >= 0.6 is 11.3 Å². The summed E-state index contributed by atoms with van der Waals surface area (Å²) in [5.41, 5.74) is 1.64. The molecule has 1 aromatic carbocycles. The van der Waals surface area contributed by atoms with Crippen LogP contribution in [-0.4, -0.2) is 10.1 Å². The van der Waals surface area contributed by atoms with E-state index < -0.39 is 5.82 Å². The Labute approximate surface area is 103 Å². The molecule has 0 saturated heterocycles. The minimum Gasteiger partial charge on any atom is -0.505 e. The van der Waals surface area contributed by atoms with Gasteiger partial charge >= 0.3 is 0 Å². The predicted molar refractivity (Wildman–Crippen MR) is 67.0 cm³/mol. The number of halogens is 1. The summed E-state index contributed by atoms with van der Waals surface area (Å²) in [6, 6.07) is 4.25. The minimum absolute atomic E-state index is 0.333. The molecule has 2 N–H and O–H groups in total. The van der Waals surface area contributed by atoms with Crippen LogP contribution in [0, 0.1) is 19.7 Å². The molecule has 0 atom stereocenters. The van der Waals surface area contributed by atoms with Crippen molar-refractivity contribution in [2.24, 2.45) is 0 Å². The molecule has 0 aliphatic carbocycles. The molecular weight excluding hydrogens is 239 g/mol. The largest absolute Gasteiger partial charge is 0.505 e. The number of nitrogens with zero attached hydrogens (tertiary/aromatic N) is 1.